The van der Waals surface area contributed by atoms with E-state index in [9.17, 15) is 0 Å². The number of halogens is 1. The van der Waals surface area contributed by atoms with Crippen molar-refractivity contribution >= 4 is 22.6 Å². The van der Waals surface area contributed by atoms with E-state index in [0.717, 1.165) is 6.42 Å². The van der Waals surface area contributed by atoms with Crippen molar-refractivity contribution in [1.29, 1.82) is 0 Å². The van der Waals surface area contributed by atoms with Crippen molar-refractivity contribution in [3.8, 4) is 0 Å². The summed E-state index contributed by atoms with van der Waals surface area (Å²) in [7, 11) is 0. The summed E-state index contributed by atoms with van der Waals surface area (Å²) in [5.41, 5.74) is 1.21. The van der Waals surface area contributed by atoms with E-state index in [1.165, 1.54) is 37.7 Å². The molecule has 0 aromatic heterocycles. The standard InChI is InChI=1S/C18H25IO3/c19-17-11-16(13-20-12-14-7-3-1-4-8-14)22-18(17)21-15-9-5-2-6-10-15/h1,3-4,7-8,15-18H,2,5-6,9-13H2/t16-,17-,18+/m0/s1. The van der Waals surface area contributed by atoms with Crippen molar-refractivity contribution in [2.24, 2.45) is 0 Å². The zero-order valence-corrected chi connectivity index (χ0v) is 15.1. The van der Waals surface area contributed by atoms with Crippen LogP contribution in [0.4, 0.5) is 0 Å². The van der Waals surface area contributed by atoms with E-state index in [1.807, 2.05) is 18.2 Å². The largest absolute Gasteiger partial charge is 0.374 e. The fraction of sp³-hybridized carbons (Fsp3) is 0.667. The maximum Gasteiger partial charge on any atom is 0.170 e. The van der Waals surface area contributed by atoms with Crippen LogP contribution in [0.3, 0.4) is 0 Å². The average molecular weight is 416 g/mol. The molecule has 3 atom stereocenters. The van der Waals surface area contributed by atoms with Gasteiger partial charge < -0.3 is 14.2 Å². The lowest BCUT2D eigenvalue weighted by atomic mass is 9.98. The lowest BCUT2D eigenvalue weighted by Crippen LogP contribution is -2.28. The predicted molar refractivity (Wildman–Crippen MR) is 95.1 cm³/mol. The first-order valence-corrected chi connectivity index (χ1v) is 9.62. The van der Waals surface area contributed by atoms with Crippen molar-refractivity contribution < 1.29 is 14.2 Å². The van der Waals surface area contributed by atoms with Crippen LogP contribution in [0.5, 0.6) is 0 Å². The summed E-state index contributed by atoms with van der Waals surface area (Å²) in [6.07, 6.45) is 7.88. The zero-order valence-electron chi connectivity index (χ0n) is 13.0. The first-order chi connectivity index (χ1) is 10.8. The Morgan fingerprint density at radius 1 is 1.09 bits per heavy atom. The molecule has 122 valence electrons. The first-order valence-electron chi connectivity index (χ1n) is 8.38. The van der Waals surface area contributed by atoms with Crippen LogP contribution in [-0.2, 0) is 20.8 Å². The molecule has 0 unspecified atom stereocenters. The Bertz CT molecular complexity index is 433. The highest BCUT2D eigenvalue weighted by atomic mass is 127. The molecule has 1 saturated heterocycles. The number of alkyl halides is 1. The zero-order chi connectivity index (χ0) is 15.2. The van der Waals surface area contributed by atoms with Gasteiger partial charge in [0.15, 0.2) is 6.29 Å². The van der Waals surface area contributed by atoms with Gasteiger partial charge in [0.25, 0.3) is 0 Å². The van der Waals surface area contributed by atoms with Gasteiger partial charge in [0.05, 0.1) is 29.3 Å². The first kappa shape index (κ1) is 16.7. The molecule has 1 heterocycles. The monoisotopic (exact) mass is 416 g/mol. The van der Waals surface area contributed by atoms with Crippen molar-refractivity contribution in [3.05, 3.63) is 35.9 Å². The van der Waals surface area contributed by atoms with Gasteiger partial charge in [0.1, 0.15) is 0 Å². The second-order valence-corrected chi connectivity index (χ2v) is 7.87. The number of hydrogen-bond acceptors (Lipinski definition) is 3. The van der Waals surface area contributed by atoms with Crippen molar-refractivity contribution in [2.45, 2.75) is 67.6 Å². The van der Waals surface area contributed by atoms with Gasteiger partial charge in [-0.25, -0.2) is 0 Å². The van der Waals surface area contributed by atoms with Crippen molar-refractivity contribution in [2.75, 3.05) is 6.61 Å². The minimum Gasteiger partial charge on any atom is -0.374 e. The molecule has 1 saturated carbocycles. The van der Waals surface area contributed by atoms with E-state index in [2.05, 4.69) is 34.7 Å². The molecular weight excluding hydrogens is 391 g/mol. The van der Waals surface area contributed by atoms with Gasteiger partial charge in [-0.15, -0.1) is 0 Å². The SMILES string of the molecule is I[C@H]1C[C@@H](COCc2ccccc2)O[C@H]1OC1CCCCC1. The molecule has 1 aromatic rings. The van der Waals surface area contributed by atoms with Crippen LogP contribution in [0.25, 0.3) is 0 Å². The third-order valence-corrected chi connectivity index (χ3v) is 5.50. The summed E-state index contributed by atoms with van der Waals surface area (Å²) < 4.78 is 18.5. The summed E-state index contributed by atoms with van der Waals surface area (Å²) in [6, 6.07) is 10.3. The molecule has 0 spiro atoms. The van der Waals surface area contributed by atoms with Crippen molar-refractivity contribution in [1.82, 2.24) is 0 Å². The molecule has 1 aliphatic heterocycles. The molecule has 0 radical (unpaired) electrons. The summed E-state index contributed by atoms with van der Waals surface area (Å²) in [4.78, 5) is 0. The van der Waals surface area contributed by atoms with Crippen molar-refractivity contribution in [3.63, 3.8) is 0 Å². The molecule has 1 aliphatic carbocycles. The topological polar surface area (TPSA) is 27.7 Å². The number of benzene rings is 1. The molecule has 2 aliphatic rings. The van der Waals surface area contributed by atoms with Crippen LogP contribution in [0.1, 0.15) is 44.1 Å². The Hall–Kier alpha value is -0.170. The van der Waals surface area contributed by atoms with Gasteiger partial charge in [-0.3, -0.25) is 0 Å². The summed E-state index contributed by atoms with van der Waals surface area (Å²) in [6.45, 7) is 1.31. The van der Waals surface area contributed by atoms with E-state index in [1.54, 1.807) is 0 Å². The minimum absolute atomic E-state index is 0.0472. The fourth-order valence-electron chi connectivity index (χ4n) is 3.19. The normalized spacial score (nSPS) is 29.8. The van der Waals surface area contributed by atoms with E-state index in [0.29, 0.717) is 23.2 Å². The molecule has 2 fully saturated rings. The Morgan fingerprint density at radius 2 is 1.86 bits per heavy atom. The third kappa shape index (κ3) is 4.91. The van der Waals surface area contributed by atoms with Gasteiger partial charge in [-0.2, -0.15) is 0 Å². The fourth-order valence-corrected chi connectivity index (χ4v) is 4.10. The van der Waals surface area contributed by atoms with Gasteiger partial charge in [-0.05, 0) is 24.8 Å². The quantitative estimate of drug-likeness (QED) is 0.506. The number of rotatable bonds is 6. The van der Waals surface area contributed by atoms with E-state index < -0.39 is 0 Å². The van der Waals surface area contributed by atoms with Crippen LogP contribution < -0.4 is 0 Å². The molecule has 0 N–H and O–H groups in total. The average Bonchev–Trinajstić information content (AvgIpc) is 2.89. The van der Waals surface area contributed by atoms with Gasteiger partial charge >= 0.3 is 0 Å². The maximum absolute atomic E-state index is 6.17. The number of ether oxygens (including phenoxy) is 3. The molecule has 3 rings (SSSR count). The van der Waals surface area contributed by atoms with Crippen LogP contribution in [-0.4, -0.2) is 29.0 Å². The number of hydrogen-bond donors (Lipinski definition) is 0. The second kappa shape index (κ2) is 8.62. The van der Waals surface area contributed by atoms with E-state index in [4.69, 9.17) is 14.2 Å². The van der Waals surface area contributed by atoms with Crippen LogP contribution in [0.2, 0.25) is 0 Å². The highest BCUT2D eigenvalue weighted by molar-refractivity contribution is 14.1. The molecule has 1 aromatic carbocycles. The maximum atomic E-state index is 6.17. The van der Waals surface area contributed by atoms with E-state index in [-0.39, 0.29) is 12.4 Å². The Labute approximate surface area is 146 Å². The second-order valence-electron chi connectivity index (χ2n) is 6.28. The summed E-state index contributed by atoms with van der Waals surface area (Å²) in [5, 5.41) is 0. The van der Waals surface area contributed by atoms with Gasteiger partial charge in [-0.1, -0.05) is 72.2 Å². The van der Waals surface area contributed by atoms with Crippen LogP contribution in [0.15, 0.2) is 30.3 Å². The molecule has 4 heteroatoms. The van der Waals surface area contributed by atoms with Gasteiger partial charge in [0.2, 0.25) is 0 Å². The Balaban J connectivity index is 1.38. The summed E-state index contributed by atoms with van der Waals surface area (Å²) >= 11 is 2.46. The predicted octanol–water partition coefficient (Wildman–Crippen LogP) is 4.47. The van der Waals surface area contributed by atoms with E-state index >= 15 is 0 Å². The molecule has 0 bridgehead atoms. The van der Waals surface area contributed by atoms with Crippen LogP contribution in [0, 0.1) is 0 Å². The Morgan fingerprint density at radius 3 is 2.64 bits per heavy atom. The molecule has 22 heavy (non-hydrogen) atoms. The lowest BCUT2D eigenvalue weighted by Gasteiger charge is -2.26. The summed E-state index contributed by atoms with van der Waals surface area (Å²) in [5.74, 6) is 0. The lowest BCUT2D eigenvalue weighted by molar-refractivity contribution is -0.172. The molecule has 0 amide bonds. The Kier molecular flexibility index (Phi) is 6.53. The molecule has 3 nitrogen and oxygen atoms in total. The third-order valence-electron chi connectivity index (χ3n) is 4.40. The highest BCUT2D eigenvalue weighted by Gasteiger charge is 2.36. The van der Waals surface area contributed by atoms with Crippen LogP contribution >= 0.6 is 22.6 Å². The minimum atomic E-state index is -0.0472. The van der Waals surface area contributed by atoms with Gasteiger partial charge in [0, 0.05) is 0 Å². The molecular formula is C18H25IO3. The smallest absolute Gasteiger partial charge is 0.170 e. The highest BCUT2D eigenvalue weighted by Crippen LogP contribution is 2.31.